The van der Waals surface area contributed by atoms with Gasteiger partial charge in [-0.05, 0) is 34.1 Å². The third-order valence-corrected chi connectivity index (χ3v) is 4.96. The molecule has 3 heterocycles. The van der Waals surface area contributed by atoms with Gasteiger partial charge in [-0.3, -0.25) is 4.21 Å². The summed E-state index contributed by atoms with van der Waals surface area (Å²) in [7, 11) is -1.31. The average molecular weight is 441 g/mol. The molecular formula is C14H11BrClN7OS. The molecule has 0 saturated heterocycles. The van der Waals surface area contributed by atoms with E-state index in [0.717, 1.165) is 16.9 Å². The highest BCUT2D eigenvalue weighted by Crippen LogP contribution is 2.20. The van der Waals surface area contributed by atoms with Gasteiger partial charge in [-0.25, -0.2) is 4.98 Å². The lowest BCUT2D eigenvalue weighted by Crippen LogP contribution is -2.12. The summed E-state index contributed by atoms with van der Waals surface area (Å²) in [6, 6.07) is 5.46. The predicted octanol–water partition coefficient (Wildman–Crippen LogP) is 2.77. The zero-order valence-corrected chi connectivity index (χ0v) is 16.0. The number of fused-ring (bicyclic) bond motifs is 2. The molecule has 4 rings (SSSR count). The monoisotopic (exact) mass is 439 g/mol. The molecule has 0 radical (unpaired) electrons. The first-order valence-electron chi connectivity index (χ1n) is 7.14. The second kappa shape index (κ2) is 6.36. The number of nitrogens with one attached hydrogen (secondary N) is 2. The second-order valence-corrected chi connectivity index (χ2v) is 7.77. The van der Waals surface area contributed by atoms with Crippen molar-refractivity contribution in [3.05, 3.63) is 39.7 Å². The van der Waals surface area contributed by atoms with Crippen molar-refractivity contribution >= 4 is 61.0 Å². The van der Waals surface area contributed by atoms with Gasteiger partial charge in [0.2, 0.25) is 11.1 Å². The number of benzene rings is 1. The fourth-order valence-corrected chi connectivity index (χ4v) is 3.31. The van der Waals surface area contributed by atoms with Crippen LogP contribution in [0.4, 0.5) is 5.95 Å². The van der Waals surface area contributed by atoms with Gasteiger partial charge in [0.15, 0.2) is 5.65 Å². The molecule has 0 aliphatic heterocycles. The summed E-state index contributed by atoms with van der Waals surface area (Å²) in [4.78, 5) is 16.2. The molecule has 128 valence electrons. The van der Waals surface area contributed by atoms with Crippen LogP contribution in [0.3, 0.4) is 0 Å². The van der Waals surface area contributed by atoms with E-state index < -0.39 is 10.8 Å². The number of aromatic nitrogens is 6. The Hall–Kier alpha value is -2.04. The van der Waals surface area contributed by atoms with Crippen LogP contribution in [0.1, 0.15) is 5.82 Å². The maximum Gasteiger partial charge on any atom is 0.228 e. The summed E-state index contributed by atoms with van der Waals surface area (Å²) >= 11 is 9.37. The van der Waals surface area contributed by atoms with Crippen LogP contribution >= 0.6 is 27.5 Å². The molecule has 2 N–H and O–H groups in total. The molecule has 0 fully saturated rings. The molecule has 1 atom stereocenters. The lowest BCUT2D eigenvalue weighted by molar-refractivity contribution is 0.678. The molecule has 0 amide bonds. The Labute approximate surface area is 157 Å². The van der Waals surface area contributed by atoms with E-state index in [1.165, 1.54) is 6.26 Å². The summed E-state index contributed by atoms with van der Waals surface area (Å²) < 4.78 is 14.0. The van der Waals surface area contributed by atoms with Gasteiger partial charge in [0.25, 0.3) is 0 Å². The van der Waals surface area contributed by atoms with Crippen molar-refractivity contribution in [1.29, 1.82) is 0 Å². The molecule has 4 aromatic rings. The Morgan fingerprint density at radius 1 is 1.36 bits per heavy atom. The van der Waals surface area contributed by atoms with E-state index in [9.17, 15) is 4.21 Å². The Kier molecular flexibility index (Phi) is 4.18. The van der Waals surface area contributed by atoms with E-state index in [-0.39, 0.29) is 5.16 Å². The minimum absolute atomic E-state index is 0.229. The van der Waals surface area contributed by atoms with Crippen molar-refractivity contribution in [3.8, 4) is 0 Å². The molecule has 0 spiro atoms. The fourth-order valence-electron chi connectivity index (χ4n) is 2.36. The van der Waals surface area contributed by atoms with Crippen LogP contribution in [0, 0.1) is 0 Å². The van der Waals surface area contributed by atoms with E-state index in [1.54, 1.807) is 16.8 Å². The third kappa shape index (κ3) is 3.12. The SMILES string of the molecule is CS(=O)c1nc(NCc2nc3ccc(Cl)cc3[nH]2)n2ncc(Br)c2n1. The Morgan fingerprint density at radius 3 is 3.00 bits per heavy atom. The van der Waals surface area contributed by atoms with Gasteiger partial charge < -0.3 is 10.3 Å². The molecule has 11 heteroatoms. The first-order valence-corrected chi connectivity index (χ1v) is 9.87. The van der Waals surface area contributed by atoms with Crippen molar-refractivity contribution in [2.45, 2.75) is 11.7 Å². The number of halogens is 2. The second-order valence-electron chi connectivity index (χ2n) is 5.21. The smallest absolute Gasteiger partial charge is 0.228 e. The van der Waals surface area contributed by atoms with Crippen LogP contribution in [-0.4, -0.2) is 40.0 Å². The van der Waals surface area contributed by atoms with E-state index in [1.807, 2.05) is 12.1 Å². The number of hydrogen-bond donors (Lipinski definition) is 2. The third-order valence-electron chi connectivity index (χ3n) is 3.47. The highest BCUT2D eigenvalue weighted by molar-refractivity contribution is 9.10. The maximum absolute atomic E-state index is 11.8. The van der Waals surface area contributed by atoms with Gasteiger partial charge in [0, 0.05) is 11.3 Å². The lowest BCUT2D eigenvalue weighted by atomic mass is 10.3. The van der Waals surface area contributed by atoms with Crippen molar-refractivity contribution < 1.29 is 4.21 Å². The molecule has 0 bridgehead atoms. The Bertz CT molecular complexity index is 1130. The fraction of sp³-hybridized carbons (Fsp3) is 0.143. The molecule has 0 aliphatic rings. The molecular weight excluding hydrogens is 430 g/mol. The van der Waals surface area contributed by atoms with Crippen LogP contribution < -0.4 is 5.32 Å². The van der Waals surface area contributed by atoms with Gasteiger partial charge in [0.1, 0.15) is 5.82 Å². The first-order chi connectivity index (χ1) is 12.0. The maximum atomic E-state index is 11.8. The number of H-pyrrole nitrogens is 1. The molecule has 8 nitrogen and oxygen atoms in total. The van der Waals surface area contributed by atoms with E-state index in [0.29, 0.717) is 27.6 Å². The Morgan fingerprint density at radius 2 is 2.20 bits per heavy atom. The van der Waals surface area contributed by atoms with E-state index in [4.69, 9.17) is 11.6 Å². The average Bonchev–Trinajstić information content (AvgIpc) is 3.15. The Balaban J connectivity index is 1.68. The van der Waals surface area contributed by atoms with Crippen molar-refractivity contribution in [2.75, 3.05) is 11.6 Å². The highest BCUT2D eigenvalue weighted by atomic mass is 79.9. The molecule has 3 aromatic heterocycles. The summed E-state index contributed by atoms with van der Waals surface area (Å²) in [5, 5.41) is 8.25. The quantitative estimate of drug-likeness (QED) is 0.506. The summed E-state index contributed by atoms with van der Waals surface area (Å²) in [6.07, 6.45) is 3.14. The van der Waals surface area contributed by atoms with Gasteiger partial charge in [-0.2, -0.15) is 19.6 Å². The lowest BCUT2D eigenvalue weighted by Gasteiger charge is -2.07. The molecule has 0 aliphatic carbocycles. The van der Waals surface area contributed by atoms with Crippen LogP contribution in [-0.2, 0) is 17.3 Å². The minimum Gasteiger partial charge on any atom is -0.347 e. The minimum atomic E-state index is -1.31. The number of rotatable bonds is 4. The van der Waals surface area contributed by atoms with Crippen molar-refractivity contribution in [2.24, 2.45) is 0 Å². The van der Waals surface area contributed by atoms with Gasteiger partial charge in [-0.1, -0.05) is 11.6 Å². The van der Waals surface area contributed by atoms with Gasteiger partial charge in [0.05, 0.1) is 39.0 Å². The zero-order chi connectivity index (χ0) is 17.6. The largest absolute Gasteiger partial charge is 0.347 e. The predicted molar refractivity (Wildman–Crippen MR) is 99.2 cm³/mol. The van der Waals surface area contributed by atoms with Crippen LogP contribution in [0.2, 0.25) is 5.02 Å². The molecule has 1 aromatic carbocycles. The van der Waals surface area contributed by atoms with Crippen molar-refractivity contribution in [1.82, 2.24) is 29.5 Å². The standard InChI is InChI=1S/C14H11BrClN7OS/c1-25(24)14-21-12-8(15)5-18-23(12)13(22-14)17-6-11-19-9-3-2-7(16)4-10(9)20-11/h2-5H,6H2,1H3,(H,19,20)(H,17,21,22). The van der Waals surface area contributed by atoms with Crippen LogP contribution in [0.5, 0.6) is 0 Å². The number of aromatic amines is 1. The summed E-state index contributed by atoms with van der Waals surface area (Å²) in [5.41, 5.74) is 2.22. The number of hydrogen-bond acceptors (Lipinski definition) is 6. The number of nitrogens with zero attached hydrogens (tertiary/aromatic N) is 5. The molecule has 0 saturated carbocycles. The van der Waals surface area contributed by atoms with Crippen LogP contribution in [0.15, 0.2) is 34.0 Å². The summed E-state index contributed by atoms with van der Waals surface area (Å²) in [6.45, 7) is 0.381. The summed E-state index contributed by atoms with van der Waals surface area (Å²) in [5.74, 6) is 1.15. The number of imidazole rings is 1. The van der Waals surface area contributed by atoms with Crippen molar-refractivity contribution in [3.63, 3.8) is 0 Å². The normalized spacial score (nSPS) is 12.8. The van der Waals surface area contributed by atoms with E-state index >= 15 is 0 Å². The van der Waals surface area contributed by atoms with Gasteiger partial charge in [-0.15, -0.1) is 0 Å². The van der Waals surface area contributed by atoms with E-state index in [2.05, 4.69) is 46.3 Å². The molecule has 25 heavy (non-hydrogen) atoms. The first kappa shape index (κ1) is 16.4. The number of anilines is 1. The van der Waals surface area contributed by atoms with Gasteiger partial charge >= 0.3 is 0 Å². The molecule has 1 unspecified atom stereocenters. The highest BCUT2D eigenvalue weighted by Gasteiger charge is 2.14. The van der Waals surface area contributed by atoms with Crippen LogP contribution in [0.25, 0.3) is 16.7 Å². The zero-order valence-electron chi connectivity index (χ0n) is 12.8. The topological polar surface area (TPSA) is 101 Å².